The number of ether oxygens (including phenoxy) is 1. The molecule has 0 bridgehead atoms. The van der Waals surface area contributed by atoms with E-state index in [1.807, 2.05) is 0 Å². The Morgan fingerprint density at radius 2 is 1.83 bits per heavy atom. The lowest BCUT2D eigenvalue weighted by atomic mass is 10.2. The topological polar surface area (TPSA) is 110 Å². The maximum atomic E-state index is 12.3. The summed E-state index contributed by atoms with van der Waals surface area (Å²) in [6, 6.07) is -1.71. The third-order valence-corrected chi connectivity index (χ3v) is 3.39. The van der Waals surface area contributed by atoms with E-state index in [9.17, 15) is 31.2 Å². The van der Waals surface area contributed by atoms with Crippen LogP contribution in [0.2, 0.25) is 0 Å². The molecule has 0 radical (unpaired) electrons. The number of halogens is 3. The number of rotatable bonds is 3. The molecule has 1 N–H and O–H groups in total. The summed E-state index contributed by atoms with van der Waals surface area (Å²) < 4.78 is 67.4. The number of alkyl halides is 3. The minimum atomic E-state index is -5.95. The van der Waals surface area contributed by atoms with Gasteiger partial charge in [-0.3, -0.25) is 4.90 Å². The molecular weight excluding hydrogens is 347 g/mol. The van der Waals surface area contributed by atoms with Crippen LogP contribution in [-0.4, -0.2) is 54.2 Å². The van der Waals surface area contributed by atoms with Crippen molar-refractivity contribution in [1.82, 2.24) is 4.90 Å². The molecule has 0 unspecified atom stereocenters. The highest BCUT2D eigenvalue weighted by atomic mass is 32.2. The van der Waals surface area contributed by atoms with Crippen LogP contribution in [0.1, 0.15) is 20.8 Å². The van der Waals surface area contributed by atoms with Crippen LogP contribution in [0.25, 0.3) is 0 Å². The Bertz CT molecular complexity index is 633. The van der Waals surface area contributed by atoms with Gasteiger partial charge in [-0.2, -0.15) is 21.6 Å². The summed E-state index contributed by atoms with van der Waals surface area (Å²) >= 11 is 0. The van der Waals surface area contributed by atoms with Crippen molar-refractivity contribution in [3.63, 3.8) is 0 Å². The molecule has 0 aliphatic carbocycles. The summed E-state index contributed by atoms with van der Waals surface area (Å²) in [5.41, 5.74) is -6.66. The molecular formula is C11H14F3NO7S. The monoisotopic (exact) mass is 361 g/mol. The first-order chi connectivity index (χ1) is 10.1. The van der Waals surface area contributed by atoms with Gasteiger partial charge in [-0.1, -0.05) is 0 Å². The van der Waals surface area contributed by atoms with Crippen LogP contribution in [0.4, 0.5) is 18.0 Å². The zero-order valence-electron chi connectivity index (χ0n) is 12.2. The average Bonchev–Trinajstić information content (AvgIpc) is 2.68. The van der Waals surface area contributed by atoms with Gasteiger partial charge in [0.25, 0.3) is 0 Å². The van der Waals surface area contributed by atoms with E-state index in [-0.39, 0.29) is 0 Å². The van der Waals surface area contributed by atoms with Crippen LogP contribution < -0.4 is 0 Å². The molecule has 1 atom stereocenters. The highest BCUT2D eigenvalue weighted by Crippen LogP contribution is 2.29. The van der Waals surface area contributed by atoms with Crippen LogP contribution in [0.15, 0.2) is 11.8 Å². The maximum Gasteiger partial charge on any atom is 0.534 e. The fourth-order valence-corrected chi connectivity index (χ4v) is 2.02. The minimum absolute atomic E-state index is 0.537. The van der Waals surface area contributed by atoms with Crippen LogP contribution in [0.5, 0.6) is 0 Å². The number of carbonyl (C=O) groups excluding carboxylic acids is 1. The number of carboxylic acid groups (broad SMARTS) is 1. The third kappa shape index (κ3) is 4.74. The fourth-order valence-electron chi connectivity index (χ4n) is 1.53. The summed E-state index contributed by atoms with van der Waals surface area (Å²) in [6.07, 6.45) is -0.542. The highest BCUT2D eigenvalue weighted by molar-refractivity contribution is 7.87. The Labute approximate surface area is 129 Å². The quantitative estimate of drug-likeness (QED) is 0.598. The summed E-state index contributed by atoms with van der Waals surface area (Å²) in [6.45, 7) is 3.70. The Morgan fingerprint density at radius 3 is 2.22 bits per heavy atom. The second-order valence-corrected chi connectivity index (χ2v) is 7.05. The highest BCUT2D eigenvalue weighted by Gasteiger charge is 2.50. The van der Waals surface area contributed by atoms with Crippen molar-refractivity contribution in [2.24, 2.45) is 0 Å². The fraction of sp³-hybridized carbons (Fsp3) is 0.636. The van der Waals surface area contributed by atoms with Crippen molar-refractivity contribution in [2.75, 3.05) is 6.54 Å². The molecule has 1 aliphatic rings. The predicted molar refractivity (Wildman–Crippen MR) is 68.5 cm³/mol. The molecule has 1 heterocycles. The first-order valence-electron chi connectivity index (χ1n) is 6.08. The van der Waals surface area contributed by atoms with Gasteiger partial charge in [-0.15, -0.1) is 0 Å². The summed E-state index contributed by atoms with van der Waals surface area (Å²) in [7, 11) is -5.95. The molecule has 0 fully saturated rings. The Morgan fingerprint density at radius 1 is 1.30 bits per heavy atom. The molecule has 0 saturated carbocycles. The first-order valence-corrected chi connectivity index (χ1v) is 7.49. The Kier molecular flexibility index (Phi) is 4.90. The SMILES string of the molecule is CC(C)(C)OC(=O)N1CC(OS(=O)(=O)C(F)(F)F)=C[C@H]1C(=O)O. The number of hydrogen-bond acceptors (Lipinski definition) is 6. The van der Waals surface area contributed by atoms with Crippen LogP contribution in [0, 0.1) is 0 Å². The van der Waals surface area contributed by atoms with Gasteiger partial charge in [-0.05, 0) is 26.8 Å². The predicted octanol–water partition coefficient (Wildman–Crippen LogP) is 1.44. The number of aliphatic carboxylic acids is 1. The molecule has 0 saturated heterocycles. The standard InChI is InChI=1S/C11H14F3NO7S/c1-10(2,3)21-9(18)15-5-6(4-7(15)8(16)17)22-23(19,20)11(12,13)14/h4,7H,5H2,1-3H3,(H,16,17)/t7-/m0/s1. The molecule has 0 spiro atoms. The van der Waals surface area contributed by atoms with Gasteiger partial charge >= 0.3 is 27.7 Å². The van der Waals surface area contributed by atoms with Crippen molar-refractivity contribution in [1.29, 1.82) is 0 Å². The van der Waals surface area contributed by atoms with Gasteiger partial charge in [0.05, 0.1) is 6.54 Å². The van der Waals surface area contributed by atoms with Crippen molar-refractivity contribution in [3.8, 4) is 0 Å². The maximum absolute atomic E-state index is 12.3. The van der Waals surface area contributed by atoms with Gasteiger partial charge in [0.1, 0.15) is 11.4 Å². The van der Waals surface area contributed by atoms with Crippen molar-refractivity contribution < 1.29 is 45.2 Å². The summed E-state index contributed by atoms with van der Waals surface area (Å²) in [4.78, 5) is 23.5. The van der Waals surface area contributed by atoms with Gasteiger partial charge in [0, 0.05) is 0 Å². The van der Waals surface area contributed by atoms with E-state index in [1.165, 1.54) is 20.8 Å². The van der Waals surface area contributed by atoms with E-state index in [2.05, 4.69) is 4.18 Å². The largest absolute Gasteiger partial charge is 0.534 e. The number of hydrogen-bond donors (Lipinski definition) is 1. The van der Waals surface area contributed by atoms with E-state index in [0.29, 0.717) is 11.0 Å². The van der Waals surface area contributed by atoms with Crippen molar-refractivity contribution >= 4 is 22.2 Å². The zero-order chi connectivity index (χ0) is 18.2. The second-order valence-electron chi connectivity index (χ2n) is 5.51. The normalized spacial score (nSPS) is 19.3. The number of carboxylic acids is 1. The lowest BCUT2D eigenvalue weighted by Gasteiger charge is -2.26. The number of carbonyl (C=O) groups is 2. The van der Waals surface area contributed by atoms with Crippen LogP contribution >= 0.6 is 0 Å². The molecule has 12 heteroatoms. The average molecular weight is 361 g/mol. The van der Waals surface area contributed by atoms with Crippen molar-refractivity contribution in [2.45, 2.75) is 37.9 Å². The summed E-state index contributed by atoms with van der Waals surface area (Å²) in [5.74, 6) is -2.42. The van der Waals surface area contributed by atoms with Gasteiger partial charge in [0.15, 0.2) is 6.04 Å². The molecule has 1 aliphatic heterocycles. The van der Waals surface area contributed by atoms with Gasteiger partial charge in [-0.25, -0.2) is 9.59 Å². The number of nitrogens with zero attached hydrogens (tertiary/aromatic N) is 1. The lowest BCUT2D eigenvalue weighted by molar-refractivity contribution is -0.140. The molecule has 0 aromatic heterocycles. The molecule has 8 nitrogen and oxygen atoms in total. The minimum Gasteiger partial charge on any atom is -0.479 e. The molecule has 1 rings (SSSR count). The molecule has 23 heavy (non-hydrogen) atoms. The summed E-state index contributed by atoms with van der Waals surface area (Å²) in [5, 5.41) is 8.99. The Hall–Kier alpha value is -1.98. The number of amides is 1. The zero-order valence-corrected chi connectivity index (χ0v) is 13.1. The van der Waals surface area contributed by atoms with E-state index in [1.54, 1.807) is 0 Å². The van der Waals surface area contributed by atoms with Gasteiger partial charge in [0.2, 0.25) is 0 Å². The smallest absolute Gasteiger partial charge is 0.479 e. The van der Waals surface area contributed by atoms with Crippen molar-refractivity contribution in [3.05, 3.63) is 11.8 Å². The van der Waals surface area contributed by atoms with E-state index < -0.39 is 51.6 Å². The van der Waals surface area contributed by atoms with E-state index in [4.69, 9.17) is 9.84 Å². The molecule has 0 aromatic rings. The second kappa shape index (κ2) is 5.91. The van der Waals surface area contributed by atoms with Gasteiger partial charge < -0.3 is 14.0 Å². The van der Waals surface area contributed by atoms with E-state index in [0.717, 1.165) is 0 Å². The first kappa shape index (κ1) is 19.1. The van der Waals surface area contributed by atoms with Crippen LogP contribution in [0.3, 0.4) is 0 Å². The third-order valence-electron chi connectivity index (χ3n) is 2.39. The Balaban J connectivity index is 2.98. The van der Waals surface area contributed by atoms with E-state index >= 15 is 0 Å². The lowest BCUT2D eigenvalue weighted by Crippen LogP contribution is -2.44. The van der Waals surface area contributed by atoms with Crippen LogP contribution in [-0.2, 0) is 23.8 Å². The molecule has 0 aromatic carbocycles. The molecule has 1 amide bonds. The molecule has 132 valence electrons.